The van der Waals surface area contributed by atoms with E-state index in [-0.39, 0.29) is 22.6 Å². The van der Waals surface area contributed by atoms with E-state index in [1.54, 1.807) is 12.1 Å². The van der Waals surface area contributed by atoms with Crippen molar-refractivity contribution in [2.24, 2.45) is 0 Å². The molecule has 0 spiro atoms. The Morgan fingerprint density at radius 2 is 1.74 bits per heavy atom. The summed E-state index contributed by atoms with van der Waals surface area (Å²) in [6.45, 7) is 1.50. The van der Waals surface area contributed by atoms with Crippen molar-refractivity contribution in [3.05, 3.63) is 83.4 Å². The minimum atomic E-state index is -5.16. The van der Waals surface area contributed by atoms with Gasteiger partial charge in [-0.3, -0.25) is 9.78 Å². The number of carbonyl (C=O) groups is 1. The molecule has 1 N–H and O–H groups in total. The number of nitrogens with zero attached hydrogens (tertiary/aromatic N) is 2. The molecule has 2 aromatic carbocycles. The van der Waals surface area contributed by atoms with Gasteiger partial charge >= 0.3 is 6.18 Å². The van der Waals surface area contributed by atoms with Gasteiger partial charge in [-0.25, -0.2) is 9.37 Å². The van der Waals surface area contributed by atoms with Gasteiger partial charge in [0.1, 0.15) is 23.0 Å². The van der Waals surface area contributed by atoms with Gasteiger partial charge in [-0.05, 0) is 73.5 Å². The summed E-state index contributed by atoms with van der Waals surface area (Å²) in [6.07, 6.45) is -5.27. The fourth-order valence-electron chi connectivity index (χ4n) is 4.17. The Morgan fingerprint density at radius 3 is 2.39 bits per heavy atom. The molecule has 0 aliphatic heterocycles. The van der Waals surface area contributed by atoms with Gasteiger partial charge in [0, 0.05) is 29.1 Å². The third-order valence-electron chi connectivity index (χ3n) is 6.34. The Bertz CT molecular complexity index is 1510. The highest BCUT2D eigenvalue weighted by atomic mass is 19.4. The maximum Gasteiger partial charge on any atom is 0.422 e. The van der Waals surface area contributed by atoms with Crippen molar-refractivity contribution in [1.29, 1.82) is 0 Å². The fourth-order valence-corrected chi connectivity index (χ4v) is 4.17. The number of aryl methyl sites for hydroxylation is 1. The highest BCUT2D eigenvalue weighted by Crippen LogP contribution is 2.44. The van der Waals surface area contributed by atoms with E-state index < -0.39 is 41.9 Å². The number of halogens is 4. The molecule has 0 radical (unpaired) electrons. The molecule has 1 unspecified atom stereocenters. The molecular formula is C28H24F4N2O4. The summed E-state index contributed by atoms with van der Waals surface area (Å²) < 4.78 is 67.2. The first-order valence-electron chi connectivity index (χ1n) is 11.6. The number of hydrogen-bond acceptors (Lipinski definition) is 6. The van der Waals surface area contributed by atoms with E-state index in [9.17, 15) is 27.5 Å². The number of ketones is 1. The molecule has 1 atom stereocenters. The first-order chi connectivity index (χ1) is 18.0. The molecule has 0 fully saturated rings. The summed E-state index contributed by atoms with van der Waals surface area (Å²) in [5.74, 6) is -0.645. The number of hydrogen-bond donors (Lipinski definition) is 1. The van der Waals surface area contributed by atoms with Gasteiger partial charge in [-0.2, -0.15) is 13.2 Å². The summed E-state index contributed by atoms with van der Waals surface area (Å²) >= 11 is 0. The molecule has 0 saturated carbocycles. The molecule has 0 aliphatic carbocycles. The van der Waals surface area contributed by atoms with Crippen molar-refractivity contribution in [2.75, 3.05) is 14.2 Å². The molecular weight excluding hydrogens is 504 g/mol. The van der Waals surface area contributed by atoms with Crippen LogP contribution in [0, 0.1) is 12.7 Å². The Labute approximate surface area is 215 Å². The molecule has 4 rings (SSSR count). The second-order valence-electron chi connectivity index (χ2n) is 8.74. The number of aliphatic hydroxyl groups is 1. The number of Topliss-reactive ketones (excluding diaryl/α,β-unsaturated/α-hetero) is 1. The lowest BCUT2D eigenvalue weighted by atomic mass is 9.89. The fraction of sp³-hybridized carbons (Fsp3) is 0.250. The standard InChI is InChI=1S/C28H24F4N2O4/c1-16-13-17(6-7-20(16)29)26-23(37-2)8-9-25(34-26)27(36,28(30,31)32)11-10-22(35)18-14-21-19(5-4-12-33-21)24(15-18)38-3/h4-9,12-15,36H,10-11H2,1-3H3. The summed E-state index contributed by atoms with van der Waals surface area (Å²) in [5, 5.41) is 11.6. The van der Waals surface area contributed by atoms with Gasteiger partial charge in [0.05, 0.1) is 25.4 Å². The second kappa shape index (κ2) is 10.4. The van der Waals surface area contributed by atoms with E-state index in [0.717, 1.165) is 6.07 Å². The molecule has 2 heterocycles. The quantitative estimate of drug-likeness (QED) is 0.218. The zero-order valence-electron chi connectivity index (χ0n) is 20.8. The topological polar surface area (TPSA) is 81.5 Å². The molecule has 0 amide bonds. The van der Waals surface area contributed by atoms with Crippen molar-refractivity contribution < 1.29 is 36.9 Å². The van der Waals surface area contributed by atoms with E-state index in [2.05, 4.69) is 9.97 Å². The normalized spacial score (nSPS) is 13.3. The third kappa shape index (κ3) is 5.04. The number of benzene rings is 2. The molecule has 0 aliphatic rings. The molecule has 10 heteroatoms. The van der Waals surface area contributed by atoms with Crippen LogP contribution in [0.5, 0.6) is 11.5 Å². The summed E-state index contributed by atoms with van der Waals surface area (Å²) in [4.78, 5) is 21.3. The average Bonchev–Trinajstić information content (AvgIpc) is 2.91. The first kappa shape index (κ1) is 27.0. The van der Waals surface area contributed by atoms with Crippen LogP contribution >= 0.6 is 0 Å². The number of methoxy groups -OCH3 is 2. The molecule has 0 bridgehead atoms. The minimum absolute atomic E-state index is 0.00700. The molecule has 198 valence electrons. The average molecular weight is 529 g/mol. The van der Waals surface area contributed by atoms with E-state index in [1.807, 2.05) is 0 Å². The lowest BCUT2D eigenvalue weighted by Crippen LogP contribution is -2.43. The van der Waals surface area contributed by atoms with Gasteiger partial charge in [0.2, 0.25) is 5.60 Å². The van der Waals surface area contributed by atoms with Crippen LogP contribution in [0.2, 0.25) is 0 Å². The maximum absolute atomic E-state index is 14.3. The smallest absolute Gasteiger partial charge is 0.422 e. The van der Waals surface area contributed by atoms with Crippen molar-refractivity contribution in [3.8, 4) is 22.8 Å². The number of carbonyl (C=O) groups excluding carboxylic acids is 1. The van der Waals surface area contributed by atoms with Crippen LogP contribution in [0.4, 0.5) is 17.6 Å². The van der Waals surface area contributed by atoms with Gasteiger partial charge in [-0.1, -0.05) is 0 Å². The van der Waals surface area contributed by atoms with Gasteiger partial charge in [-0.15, -0.1) is 0 Å². The van der Waals surface area contributed by atoms with E-state index in [1.165, 1.54) is 63.7 Å². The van der Waals surface area contributed by atoms with Crippen molar-refractivity contribution >= 4 is 16.7 Å². The number of rotatable bonds is 8. The second-order valence-corrected chi connectivity index (χ2v) is 8.74. The SMILES string of the molecule is COc1ccc(C(O)(CCC(=O)c2cc(OC)c3cccnc3c2)C(F)(F)F)nc1-c1ccc(F)c(C)c1. The van der Waals surface area contributed by atoms with E-state index >= 15 is 0 Å². The largest absolute Gasteiger partial charge is 0.496 e. The third-order valence-corrected chi connectivity index (χ3v) is 6.34. The molecule has 0 saturated heterocycles. The van der Waals surface area contributed by atoms with Crippen LogP contribution in [0.25, 0.3) is 22.2 Å². The predicted molar refractivity (Wildman–Crippen MR) is 133 cm³/mol. The molecule has 6 nitrogen and oxygen atoms in total. The van der Waals surface area contributed by atoms with Crippen molar-refractivity contribution in [1.82, 2.24) is 9.97 Å². The van der Waals surface area contributed by atoms with Crippen LogP contribution in [0.1, 0.15) is 34.5 Å². The Kier molecular flexibility index (Phi) is 7.37. The zero-order chi connectivity index (χ0) is 27.7. The van der Waals surface area contributed by atoms with Gasteiger partial charge in [0.25, 0.3) is 0 Å². The predicted octanol–water partition coefficient (Wildman–Crippen LogP) is 6.17. The molecule has 4 aromatic rings. The number of aromatic nitrogens is 2. The van der Waals surface area contributed by atoms with Gasteiger partial charge in [0.15, 0.2) is 5.78 Å². The van der Waals surface area contributed by atoms with Crippen LogP contribution in [0.15, 0.2) is 60.8 Å². The Morgan fingerprint density at radius 1 is 1.00 bits per heavy atom. The number of ether oxygens (including phenoxy) is 2. The molecule has 38 heavy (non-hydrogen) atoms. The highest BCUT2D eigenvalue weighted by Gasteiger charge is 2.56. The van der Waals surface area contributed by atoms with Crippen LogP contribution in [0.3, 0.4) is 0 Å². The monoisotopic (exact) mass is 528 g/mol. The van der Waals surface area contributed by atoms with E-state index in [4.69, 9.17) is 9.47 Å². The number of fused-ring (bicyclic) bond motifs is 1. The first-order valence-corrected chi connectivity index (χ1v) is 11.6. The zero-order valence-corrected chi connectivity index (χ0v) is 20.8. The summed E-state index contributed by atoms with van der Waals surface area (Å²) in [7, 11) is 2.73. The minimum Gasteiger partial charge on any atom is -0.496 e. The maximum atomic E-state index is 14.3. The molecule has 2 aromatic heterocycles. The Balaban J connectivity index is 1.70. The van der Waals surface area contributed by atoms with Crippen LogP contribution in [-0.2, 0) is 5.60 Å². The van der Waals surface area contributed by atoms with Crippen LogP contribution < -0.4 is 9.47 Å². The number of pyridine rings is 2. The summed E-state index contributed by atoms with van der Waals surface area (Å²) in [6, 6.07) is 12.5. The highest BCUT2D eigenvalue weighted by molar-refractivity contribution is 6.01. The Hall–Kier alpha value is -4.05. The lowest BCUT2D eigenvalue weighted by Gasteiger charge is -2.30. The van der Waals surface area contributed by atoms with Crippen LogP contribution in [-0.4, -0.2) is 41.3 Å². The summed E-state index contributed by atoms with van der Waals surface area (Å²) in [5.41, 5.74) is -3.06. The van der Waals surface area contributed by atoms with E-state index in [0.29, 0.717) is 22.2 Å². The number of alkyl halides is 3. The van der Waals surface area contributed by atoms with Gasteiger partial charge < -0.3 is 14.6 Å². The van der Waals surface area contributed by atoms with Crippen molar-refractivity contribution in [3.63, 3.8) is 0 Å². The lowest BCUT2D eigenvalue weighted by molar-refractivity contribution is -0.270. The van der Waals surface area contributed by atoms with Crippen molar-refractivity contribution in [2.45, 2.75) is 31.5 Å².